The largest absolute Gasteiger partial charge is 0.351 e. The number of amides is 2. The number of benzene rings is 3. The topological polar surface area (TPSA) is 51.3 Å². The number of carbonyl (C=O) groups is 1. The van der Waals surface area contributed by atoms with E-state index in [1.54, 1.807) is 0 Å². The Labute approximate surface area is 203 Å². The molecule has 4 aromatic rings. The number of hydrogen-bond donors (Lipinski definition) is 1. The molecule has 0 radical (unpaired) electrons. The highest BCUT2D eigenvalue weighted by Gasteiger charge is 2.28. The van der Waals surface area contributed by atoms with Crippen molar-refractivity contribution in [3.63, 3.8) is 0 Å². The van der Waals surface area contributed by atoms with Gasteiger partial charge in [0.05, 0.1) is 5.69 Å². The molecule has 0 aliphatic rings. The molecule has 0 saturated carbocycles. The predicted molar refractivity (Wildman–Crippen MR) is 143 cm³/mol. The molecule has 0 spiro atoms. The Morgan fingerprint density at radius 2 is 1.41 bits per heavy atom. The van der Waals surface area contributed by atoms with Crippen LogP contribution in [-0.2, 0) is 7.05 Å². The second-order valence-electron chi connectivity index (χ2n) is 9.72. The number of hydrogen-bond acceptors (Lipinski definition) is 1. The molecule has 1 heterocycles. The summed E-state index contributed by atoms with van der Waals surface area (Å²) in [6.45, 7) is 9.14. The number of nitrogens with two attached hydrogens (primary N) is 1. The summed E-state index contributed by atoms with van der Waals surface area (Å²) in [5, 5.41) is 1.20. The van der Waals surface area contributed by atoms with Crippen molar-refractivity contribution in [2.75, 3.05) is 11.4 Å². The van der Waals surface area contributed by atoms with E-state index in [9.17, 15) is 4.79 Å². The highest BCUT2D eigenvalue weighted by Crippen LogP contribution is 2.39. The molecule has 0 aliphatic heterocycles. The Kier molecular flexibility index (Phi) is 6.78. The molecule has 1 atom stereocenters. The highest BCUT2D eigenvalue weighted by atomic mass is 16.2. The standard InChI is InChI=1S/C30H35N3O/c1-20(2)23-15-11-16-24(21(3)4)29(23)33(30(31)34)19-26(22-12-7-6-8-13-22)27-18-32(5)28-17-10-9-14-25(27)28/h6-18,20-21,26H,19H2,1-5H3,(H2,31,34). The molecule has 4 nitrogen and oxygen atoms in total. The molecule has 2 amide bonds. The average molecular weight is 454 g/mol. The van der Waals surface area contributed by atoms with Crippen LogP contribution in [0.3, 0.4) is 0 Å². The molecule has 2 N–H and O–H groups in total. The molecule has 34 heavy (non-hydrogen) atoms. The van der Waals surface area contributed by atoms with Gasteiger partial charge in [-0.05, 0) is 40.2 Å². The maximum atomic E-state index is 13.1. The number of rotatable bonds is 7. The number of aromatic nitrogens is 1. The first-order valence-electron chi connectivity index (χ1n) is 12.1. The van der Waals surface area contributed by atoms with Crippen molar-refractivity contribution >= 4 is 22.6 Å². The van der Waals surface area contributed by atoms with Gasteiger partial charge in [0.15, 0.2) is 0 Å². The summed E-state index contributed by atoms with van der Waals surface area (Å²) in [5.74, 6) is 0.506. The second kappa shape index (κ2) is 9.76. The average Bonchev–Trinajstić information content (AvgIpc) is 3.16. The van der Waals surface area contributed by atoms with Crippen LogP contribution in [0.1, 0.15) is 67.7 Å². The van der Waals surface area contributed by atoms with E-state index < -0.39 is 6.03 Å². The maximum Gasteiger partial charge on any atom is 0.319 e. The maximum absolute atomic E-state index is 13.1. The van der Waals surface area contributed by atoms with Crippen LogP contribution in [0.25, 0.3) is 10.9 Å². The van der Waals surface area contributed by atoms with Gasteiger partial charge in [0, 0.05) is 36.6 Å². The quantitative estimate of drug-likeness (QED) is 0.317. The normalized spacial score (nSPS) is 12.4. The van der Waals surface area contributed by atoms with Gasteiger partial charge in [-0.3, -0.25) is 4.90 Å². The minimum atomic E-state index is -0.420. The van der Waals surface area contributed by atoms with Crippen LogP contribution in [0.15, 0.2) is 79.0 Å². The lowest BCUT2D eigenvalue weighted by molar-refractivity contribution is 0.253. The number of para-hydroxylation sites is 2. The second-order valence-corrected chi connectivity index (χ2v) is 9.72. The van der Waals surface area contributed by atoms with Gasteiger partial charge < -0.3 is 10.3 Å². The number of fused-ring (bicyclic) bond motifs is 1. The van der Waals surface area contributed by atoms with E-state index in [0.29, 0.717) is 6.54 Å². The predicted octanol–water partition coefficient (Wildman–Crippen LogP) is 7.14. The van der Waals surface area contributed by atoms with Crippen molar-refractivity contribution in [2.24, 2.45) is 12.8 Å². The van der Waals surface area contributed by atoms with Gasteiger partial charge in [-0.15, -0.1) is 0 Å². The molecule has 0 aliphatic carbocycles. The van der Waals surface area contributed by atoms with Crippen LogP contribution in [0.4, 0.5) is 10.5 Å². The number of nitrogens with zero attached hydrogens (tertiary/aromatic N) is 2. The van der Waals surface area contributed by atoms with E-state index in [1.165, 1.54) is 22.0 Å². The smallest absolute Gasteiger partial charge is 0.319 e. The third kappa shape index (κ3) is 4.45. The Bertz CT molecular complexity index is 1260. The van der Waals surface area contributed by atoms with E-state index >= 15 is 0 Å². The van der Waals surface area contributed by atoms with Crippen LogP contribution in [0, 0.1) is 0 Å². The van der Waals surface area contributed by atoms with Crippen LogP contribution in [0.5, 0.6) is 0 Å². The monoisotopic (exact) mass is 453 g/mol. The van der Waals surface area contributed by atoms with Gasteiger partial charge in [0.25, 0.3) is 0 Å². The fraction of sp³-hybridized carbons (Fsp3) is 0.300. The molecule has 1 unspecified atom stereocenters. The number of anilines is 1. The Morgan fingerprint density at radius 3 is 2.00 bits per heavy atom. The molecule has 176 valence electrons. The number of primary amides is 1. The molecule has 1 aromatic heterocycles. The van der Waals surface area contributed by atoms with Crippen molar-refractivity contribution < 1.29 is 4.79 Å². The molecule has 4 rings (SSSR count). The van der Waals surface area contributed by atoms with Crippen molar-refractivity contribution in [3.05, 3.63) is 101 Å². The van der Waals surface area contributed by atoms with Crippen molar-refractivity contribution in [1.82, 2.24) is 4.57 Å². The van der Waals surface area contributed by atoms with Gasteiger partial charge in [-0.25, -0.2) is 4.79 Å². The minimum absolute atomic E-state index is 0.0277. The van der Waals surface area contributed by atoms with E-state index in [2.05, 4.69) is 112 Å². The summed E-state index contributed by atoms with van der Waals surface area (Å²) >= 11 is 0. The first kappa shape index (κ1) is 23.6. The van der Waals surface area contributed by atoms with Crippen molar-refractivity contribution in [3.8, 4) is 0 Å². The van der Waals surface area contributed by atoms with E-state index in [0.717, 1.165) is 16.8 Å². The molecular formula is C30H35N3O. The van der Waals surface area contributed by atoms with Crippen LogP contribution < -0.4 is 10.6 Å². The first-order valence-corrected chi connectivity index (χ1v) is 12.1. The zero-order valence-corrected chi connectivity index (χ0v) is 20.8. The van der Waals surface area contributed by atoms with Crippen molar-refractivity contribution in [1.29, 1.82) is 0 Å². The Morgan fingerprint density at radius 1 is 0.824 bits per heavy atom. The Balaban J connectivity index is 1.91. The zero-order chi connectivity index (χ0) is 24.4. The van der Waals surface area contributed by atoms with Crippen LogP contribution in [0.2, 0.25) is 0 Å². The lowest BCUT2D eigenvalue weighted by Gasteiger charge is -2.32. The summed E-state index contributed by atoms with van der Waals surface area (Å²) in [5.41, 5.74) is 12.9. The van der Waals surface area contributed by atoms with Crippen LogP contribution >= 0.6 is 0 Å². The molecule has 4 heteroatoms. The van der Waals surface area contributed by atoms with Crippen LogP contribution in [-0.4, -0.2) is 17.1 Å². The molecule has 0 saturated heterocycles. The summed E-state index contributed by atoms with van der Waals surface area (Å²) in [4.78, 5) is 14.9. The fourth-order valence-corrected chi connectivity index (χ4v) is 5.02. The minimum Gasteiger partial charge on any atom is -0.351 e. The molecule has 0 fully saturated rings. The summed E-state index contributed by atoms with van der Waals surface area (Å²) in [6.07, 6.45) is 2.19. The van der Waals surface area contributed by atoms with E-state index in [4.69, 9.17) is 5.73 Å². The summed E-state index contributed by atoms with van der Waals surface area (Å²) < 4.78 is 2.16. The zero-order valence-electron chi connectivity index (χ0n) is 20.8. The van der Waals surface area contributed by atoms with Gasteiger partial charge in [0.2, 0.25) is 0 Å². The SMILES string of the molecule is CC(C)c1cccc(C(C)C)c1N(CC(c1ccccc1)c1cn(C)c2ccccc12)C(N)=O. The van der Waals surface area contributed by atoms with E-state index in [1.807, 2.05) is 11.0 Å². The number of aryl methyl sites for hydroxylation is 1. The third-order valence-corrected chi connectivity index (χ3v) is 6.75. The van der Waals surface area contributed by atoms with Gasteiger partial charge in [-0.1, -0.05) is 94.4 Å². The summed E-state index contributed by atoms with van der Waals surface area (Å²) in [6, 6.07) is 24.8. The van der Waals surface area contributed by atoms with E-state index in [-0.39, 0.29) is 17.8 Å². The van der Waals surface area contributed by atoms with Gasteiger partial charge in [-0.2, -0.15) is 0 Å². The first-order chi connectivity index (χ1) is 16.3. The number of urea groups is 1. The van der Waals surface area contributed by atoms with Gasteiger partial charge >= 0.3 is 6.03 Å². The van der Waals surface area contributed by atoms with Gasteiger partial charge in [0.1, 0.15) is 0 Å². The molecule has 3 aromatic carbocycles. The summed E-state index contributed by atoms with van der Waals surface area (Å²) in [7, 11) is 2.07. The third-order valence-electron chi connectivity index (χ3n) is 6.75. The number of carbonyl (C=O) groups excluding carboxylic acids is 1. The lowest BCUT2D eigenvalue weighted by atomic mass is 9.88. The van der Waals surface area contributed by atoms with Crippen molar-refractivity contribution in [2.45, 2.75) is 45.4 Å². The molecular weight excluding hydrogens is 418 g/mol. The Hall–Kier alpha value is -3.53. The molecule has 0 bridgehead atoms. The fourth-order valence-electron chi connectivity index (χ4n) is 5.02. The lowest BCUT2D eigenvalue weighted by Crippen LogP contribution is -2.40. The highest BCUT2D eigenvalue weighted by molar-refractivity contribution is 5.93.